The van der Waals surface area contributed by atoms with Crippen LogP contribution >= 0.6 is 0 Å². The summed E-state index contributed by atoms with van der Waals surface area (Å²) in [7, 11) is 2.11. The highest BCUT2D eigenvalue weighted by Gasteiger charge is 2.18. The Labute approximate surface area is 116 Å². The van der Waals surface area contributed by atoms with Crippen molar-refractivity contribution in [2.75, 3.05) is 33.2 Å². The van der Waals surface area contributed by atoms with Crippen LogP contribution < -0.4 is 5.73 Å². The summed E-state index contributed by atoms with van der Waals surface area (Å²) < 4.78 is 13.9. The molecule has 0 aromatic heterocycles. The minimum atomic E-state index is -0.171. The van der Waals surface area contributed by atoms with Gasteiger partial charge in [0.1, 0.15) is 5.83 Å². The Hall–Kier alpha value is -1.29. The van der Waals surface area contributed by atoms with Crippen LogP contribution in [0.4, 0.5) is 4.39 Å². The van der Waals surface area contributed by atoms with Crippen LogP contribution in [0.2, 0.25) is 0 Å². The molecule has 0 aromatic carbocycles. The van der Waals surface area contributed by atoms with Gasteiger partial charge in [-0.3, -0.25) is 0 Å². The van der Waals surface area contributed by atoms with Gasteiger partial charge in [-0.05, 0) is 32.2 Å². The first-order valence-corrected chi connectivity index (χ1v) is 7.12. The van der Waals surface area contributed by atoms with Crippen molar-refractivity contribution in [2.24, 2.45) is 5.73 Å². The van der Waals surface area contributed by atoms with Crippen LogP contribution in [-0.2, 0) is 0 Å². The van der Waals surface area contributed by atoms with Crippen molar-refractivity contribution < 1.29 is 4.39 Å². The van der Waals surface area contributed by atoms with E-state index in [1.807, 2.05) is 19.9 Å². The molecular weight excluding hydrogens is 241 g/mol. The van der Waals surface area contributed by atoms with Crippen molar-refractivity contribution in [3.05, 3.63) is 35.4 Å². The summed E-state index contributed by atoms with van der Waals surface area (Å²) in [5, 5.41) is 0. The fourth-order valence-electron chi connectivity index (χ4n) is 2.21. The summed E-state index contributed by atoms with van der Waals surface area (Å²) in [5.41, 5.74) is 7.14. The third-order valence-electron chi connectivity index (χ3n) is 3.28. The molecule has 4 heteroatoms. The molecule has 0 bridgehead atoms. The van der Waals surface area contributed by atoms with Gasteiger partial charge in [-0.2, -0.15) is 0 Å². The first-order chi connectivity index (χ1) is 9.16. The third kappa shape index (κ3) is 4.71. The molecule has 2 aliphatic rings. The molecule has 0 amide bonds. The van der Waals surface area contributed by atoms with Crippen LogP contribution in [0, 0.1) is 0 Å². The maximum Gasteiger partial charge on any atom is 0.146 e. The largest absolute Gasteiger partial charge is 0.402 e. The van der Waals surface area contributed by atoms with E-state index in [1.54, 1.807) is 6.08 Å². The van der Waals surface area contributed by atoms with Crippen molar-refractivity contribution in [2.45, 2.75) is 26.7 Å². The molecule has 19 heavy (non-hydrogen) atoms. The Kier molecular flexibility index (Phi) is 6.64. The average Bonchev–Trinajstić information content (AvgIpc) is 2.72. The monoisotopic (exact) mass is 267 g/mol. The van der Waals surface area contributed by atoms with Crippen molar-refractivity contribution in [1.82, 2.24) is 9.80 Å². The highest BCUT2D eigenvalue weighted by atomic mass is 19.1. The highest BCUT2D eigenvalue weighted by molar-refractivity contribution is 5.33. The molecule has 1 fully saturated rings. The van der Waals surface area contributed by atoms with Crippen LogP contribution in [0.25, 0.3) is 0 Å². The fraction of sp³-hybridized carbons (Fsp3) is 0.600. The summed E-state index contributed by atoms with van der Waals surface area (Å²) in [6.45, 7) is 7.85. The summed E-state index contributed by atoms with van der Waals surface area (Å²) in [6.07, 6.45) is 6.73. The lowest BCUT2D eigenvalue weighted by atomic mass is 10.2. The van der Waals surface area contributed by atoms with Gasteiger partial charge in [-0.15, -0.1) is 0 Å². The van der Waals surface area contributed by atoms with Gasteiger partial charge in [0.25, 0.3) is 0 Å². The molecule has 108 valence electrons. The second-order valence-electron chi connectivity index (χ2n) is 4.69. The molecule has 0 aromatic rings. The Bertz CT molecular complexity index is 372. The quantitative estimate of drug-likeness (QED) is 0.792. The first-order valence-electron chi connectivity index (χ1n) is 7.12. The molecule has 1 saturated heterocycles. The molecule has 0 spiro atoms. The number of hydrogen-bond donors (Lipinski definition) is 1. The summed E-state index contributed by atoms with van der Waals surface area (Å²) in [4.78, 5) is 4.41. The molecule has 0 saturated carbocycles. The molecule has 0 radical (unpaired) electrons. The number of nitrogens with zero attached hydrogens (tertiary/aromatic N) is 2. The van der Waals surface area contributed by atoms with Gasteiger partial charge in [-0.1, -0.05) is 19.9 Å². The van der Waals surface area contributed by atoms with Crippen molar-refractivity contribution >= 4 is 0 Å². The van der Waals surface area contributed by atoms with Crippen molar-refractivity contribution in [3.63, 3.8) is 0 Å². The molecule has 2 N–H and O–H groups in total. The third-order valence-corrected chi connectivity index (χ3v) is 3.28. The van der Waals surface area contributed by atoms with E-state index in [9.17, 15) is 4.39 Å². The van der Waals surface area contributed by atoms with Crippen LogP contribution in [0.15, 0.2) is 35.4 Å². The van der Waals surface area contributed by atoms with Crippen LogP contribution in [0.5, 0.6) is 0 Å². The van der Waals surface area contributed by atoms with Gasteiger partial charge in [0, 0.05) is 31.8 Å². The molecular formula is C15H26FN3. The lowest BCUT2D eigenvalue weighted by Crippen LogP contribution is -2.28. The van der Waals surface area contributed by atoms with E-state index >= 15 is 0 Å². The SMILES string of the molecule is CC.CN1CCCN(C2=CCC(N)=CC=C2F)CC1. The van der Waals surface area contributed by atoms with Gasteiger partial charge < -0.3 is 15.5 Å². The van der Waals surface area contributed by atoms with Gasteiger partial charge in [0.15, 0.2) is 0 Å². The van der Waals surface area contributed by atoms with Crippen LogP contribution in [0.1, 0.15) is 26.7 Å². The number of nitrogens with two attached hydrogens (primary N) is 1. The molecule has 1 aliphatic carbocycles. The van der Waals surface area contributed by atoms with Crippen molar-refractivity contribution in [3.8, 4) is 0 Å². The number of hydrogen-bond acceptors (Lipinski definition) is 3. The fourth-order valence-corrected chi connectivity index (χ4v) is 2.21. The normalized spacial score (nSPS) is 21.3. The minimum Gasteiger partial charge on any atom is -0.402 e. The molecule has 1 aliphatic heterocycles. The zero-order chi connectivity index (χ0) is 14.3. The first kappa shape index (κ1) is 15.8. The second-order valence-corrected chi connectivity index (χ2v) is 4.69. The summed E-state index contributed by atoms with van der Waals surface area (Å²) in [6, 6.07) is 0. The van der Waals surface area contributed by atoms with E-state index in [1.165, 1.54) is 6.08 Å². The number of rotatable bonds is 1. The van der Waals surface area contributed by atoms with E-state index in [-0.39, 0.29) is 5.83 Å². The standard InChI is InChI=1S/C13H20FN3.C2H6/c1-16-7-2-8-17(10-9-16)13-6-4-11(15)3-5-12(13)14;1-2/h3,5-6H,2,4,7-10,15H2,1H3;1-2H3. The van der Waals surface area contributed by atoms with Crippen LogP contribution in [-0.4, -0.2) is 43.0 Å². The second kappa shape index (κ2) is 8.00. The number of allylic oxidation sites excluding steroid dienone is 4. The van der Waals surface area contributed by atoms with Gasteiger partial charge >= 0.3 is 0 Å². The lowest BCUT2D eigenvalue weighted by molar-refractivity contribution is 0.321. The van der Waals surface area contributed by atoms with Crippen LogP contribution in [0.3, 0.4) is 0 Å². The number of halogens is 1. The van der Waals surface area contributed by atoms with E-state index in [2.05, 4.69) is 16.8 Å². The molecule has 0 atom stereocenters. The minimum absolute atomic E-state index is 0.171. The maximum atomic E-state index is 13.9. The molecule has 2 rings (SSSR count). The summed E-state index contributed by atoms with van der Waals surface area (Å²) in [5.74, 6) is -0.171. The Balaban J connectivity index is 0.000000861. The smallest absolute Gasteiger partial charge is 0.146 e. The predicted molar refractivity (Wildman–Crippen MR) is 79.2 cm³/mol. The van der Waals surface area contributed by atoms with E-state index < -0.39 is 0 Å². The molecule has 1 heterocycles. The highest BCUT2D eigenvalue weighted by Crippen LogP contribution is 2.22. The average molecular weight is 267 g/mol. The van der Waals surface area contributed by atoms with Gasteiger partial charge in [-0.25, -0.2) is 4.39 Å². The van der Waals surface area contributed by atoms with Gasteiger partial charge in [0.2, 0.25) is 0 Å². The van der Waals surface area contributed by atoms with Crippen molar-refractivity contribution in [1.29, 1.82) is 0 Å². The summed E-state index contributed by atoms with van der Waals surface area (Å²) >= 11 is 0. The maximum absolute atomic E-state index is 13.9. The predicted octanol–water partition coefficient (Wildman–Crippen LogP) is 2.63. The van der Waals surface area contributed by atoms with Gasteiger partial charge in [0.05, 0.1) is 5.70 Å². The zero-order valence-corrected chi connectivity index (χ0v) is 12.3. The topological polar surface area (TPSA) is 32.5 Å². The molecule has 0 unspecified atom stereocenters. The molecule has 3 nitrogen and oxygen atoms in total. The Morgan fingerprint density at radius 1 is 1.11 bits per heavy atom. The number of likely N-dealkylation sites (N-methyl/N-ethyl adjacent to an activating group) is 1. The van der Waals surface area contributed by atoms with E-state index in [0.29, 0.717) is 17.8 Å². The Morgan fingerprint density at radius 2 is 1.84 bits per heavy atom. The van der Waals surface area contributed by atoms with E-state index in [0.717, 1.165) is 32.6 Å². The zero-order valence-electron chi connectivity index (χ0n) is 12.3. The Morgan fingerprint density at radius 3 is 2.58 bits per heavy atom. The lowest BCUT2D eigenvalue weighted by Gasteiger charge is -2.24. The van der Waals surface area contributed by atoms with E-state index in [4.69, 9.17) is 5.73 Å².